The second kappa shape index (κ2) is 7.03. The summed E-state index contributed by atoms with van der Waals surface area (Å²) in [6.07, 6.45) is 5.68. The first kappa shape index (κ1) is 15.2. The summed E-state index contributed by atoms with van der Waals surface area (Å²) in [5, 5.41) is 0. The van der Waals surface area contributed by atoms with E-state index in [1.54, 1.807) is 0 Å². The van der Waals surface area contributed by atoms with Gasteiger partial charge in [-0.05, 0) is 36.2 Å². The van der Waals surface area contributed by atoms with Crippen LogP contribution in [0.2, 0.25) is 0 Å². The van der Waals surface area contributed by atoms with Gasteiger partial charge in [0.05, 0.1) is 6.61 Å². The molecule has 0 aliphatic heterocycles. The van der Waals surface area contributed by atoms with Crippen LogP contribution in [0, 0.1) is 17.3 Å². The summed E-state index contributed by atoms with van der Waals surface area (Å²) in [6, 6.07) is 10.3. The summed E-state index contributed by atoms with van der Waals surface area (Å²) in [6.45, 7) is 5.96. The lowest BCUT2D eigenvalue weighted by Gasteiger charge is -2.43. The van der Waals surface area contributed by atoms with Crippen molar-refractivity contribution in [3.63, 3.8) is 0 Å². The number of rotatable bonds is 6. The zero-order valence-corrected chi connectivity index (χ0v) is 12.7. The standard InChI is InChI=1S/C18H26O2/c1-18(2)16(9-6-10-17(18)13-19)11-12-20-14-15-7-4-3-5-8-15/h3-5,7-8,13,16-17H,6,9-12,14H2,1-2H3/t16-,17+/m0/s1. The maximum atomic E-state index is 11.2. The molecule has 2 heteroatoms. The van der Waals surface area contributed by atoms with Crippen LogP contribution in [-0.2, 0) is 16.1 Å². The average Bonchev–Trinajstić information content (AvgIpc) is 2.45. The van der Waals surface area contributed by atoms with E-state index in [0.29, 0.717) is 12.5 Å². The van der Waals surface area contributed by atoms with Crippen LogP contribution in [0.4, 0.5) is 0 Å². The highest BCUT2D eigenvalue weighted by Crippen LogP contribution is 2.45. The fourth-order valence-electron chi connectivity index (χ4n) is 3.38. The second-order valence-corrected chi connectivity index (χ2v) is 6.52. The molecule has 2 nitrogen and oxygen atoms in total. The largest absolute Gasteiger partial charge is 0.377 e. The highest BCUT2D eigenvalue weighted by atomic mass is 16.5. The molecule has 110 valence electrons. The molecule has 2 rings (SSSR count). The van der Waals surface area contributed by atoms with Gasteiger partial charge in [-0.15, -0.1) is 0 Å². The van der Waals surface area contributed by atoms with Crippen LogP contribution in [0.25, 0.3) is 0 Å². The summed E-state index contributed by atoms with van der Waals surface area (Å²) in [5.41, 5.74) is 1.34. The van der Waals surface area contributed by atoms with Gasteiger partial charge in [-0.2, -0.15) is 0 Å². The Hall–Kier alpha value is -1.15. The molecule has 1 aliphatic rings. The fourth-order valence-corrected chi connectivity index (χ4v) is 3.38. The van der Waals surface area contributed by atoms with E-state index in [-0.39, 0.29) is 11.3 Å². The van der Waals surface area contributed by atoms with Crippen LogP contribution < -0.4 is 0 Å². The molecule has 2 atom stereocenters. The number of aldehydes is 1. The Bertz CT molecular complexity index is 411. The minimum absolute atomic E-state index is 0.121. The van der Waals surface area contributed by atoms with Crippen LogP contribution in [0.5, 0.6) is 0 Å². The molecule has 0 N–H and O–H groups in total. The molecule has 0 saturated heterocycles. The predicted octanol–water partition coefficient (Wildman–Crippen LogP) is 4.23. The van der Waals surface area contributed by atoms with Gasteiger partial charge >= 0.3 is 0 Å². The predicted molar refractivity (Wildman–Crippen MR) is 81.4 cm³/mol. The number of ether oxygens (including phenoxy) is 1. The summed E-state index contributed by atoms with van der Waals surface area (Å²) in [4.78, 5) is 11.2. The zero-order valence-electron chi connectivity index (χ0n) is 12.7. The molecule has 1 aliphatic carbocycles. The molecule has 1 aromatic carbocycles. The molecule has 0 spiro atoms. The summed E-state index contributed by atoms with van der Waals surface area (Å²) < 4.78 is 5.80. The lowest BCUT2D eigenvalue weighted by molar-refractivity contribution is -0.118. The highest BCUT2D eigenvalue weighted by Gasteiger charge is 2.39. The molecular weight excluding hydrogens is 248 g/mol. The Morgan fingerprint density at radius 2 is 2.00 bits per heavy atom. The monoisotopic (exact) mass is 274 g/mol. The number of benzene rings is 1. The van der Waals surface area contributed by atoms with Gasteiger partial charge in [-0.1, -0.05) is 50.6 Å². The average molecular weight is 274 g/mol. The Kier molecular flexibility index (Phi) is 5.36. The van der Waals surface area contributed by atoms with Gasteiger partial charge in [0.25, 0.3) is 0 Å². The van der Waals surface area contributed by atoms with E-state index >= 15 is 0 Å². The number of carbonyl (C=O) groups excluding carboxylic acids is 1. The summed E-state index contributed by atoms with van der Waals surface area (Å²) in [5.74, 6) is 0.817. The van der Waals surface area contributed by atoms with E-state index in [1.807, 2.05) is 18.2 Å². The molecule has 0 bridgehead atoms. The van der Waals surface area contributed by atoms with Gasteiger partial charge in [0, 0.05) is 12.5 Å². The summed E-state index contributed by atoms with van der Waals surface area (Å²) in [7, 11) is 0. The van der Waals surface area contributed by atoms with Crippen LogP contribution in [0.3, 0.4) is 0 Å². The Morgan fingerprint density at radius 3 is 2.70 bits per heavy atom. The molecule has 0 unspecified atom stereocenters. The molecule has 1 aromatic rings. The third-order valence-corrected chi connectivity index (χ3v) is 4.96. The number of hydrogen-bond donors (Lipinski definition) is 0. The first-order valence-electron chi connectivity index (χ1n) is 7.71. The Balaban J connectivity index is 1.77. The topological polar surface area (TPSA) is 26.3 Å². The van der Waals surface area contributed by atoms with Crippen molar-refractivity contribution in [1.82, 2.24) is 0 Å². The molecule has 1 saturated carbocycles. The molecular formula is C18H26O2. The normalized spacial score (nSPS) is 25.3. The van der Waals surface area contributed by atoms with Gasteiger partial charge in [-0.3, -0.25) is 0 Å². The van der Waals surface area contributed by atoms with Gasteiger partial charge in [-0.25, -0.2) is 0 Å². The van der Waals surface area contributed by atoms with Crippen molar-refractivity contribution >= 4 is 6.29 Å². The molecule has 0 heterocycles. The number of carbonyl (C=O) groups is 1. The van der Waals surface area contributed by atoms with Crippen molar-refractivity contribution in [2.75, 3.05) is 6.61 Å². The van der Waals surface area contributed by atoms with Gasteiger partial charge in [0.1, 0.15) is 6.29 Å². The Morgan fingerprint density at radius 1 is 1.25 bits per heavy atom. The van der Waals surface area contributed by atoms with Crippen molar-refractivity contribution in [3.05, 3.63) is 35.9 Å². The van der Waals surface area contributed by atoms with Gasteiger partial charge in [0.15, 0.2) is 0 Å². The van der Waals surface area contributed by atoms with Crippen molar-refractivity contribution in [2.24, 2.45) is 17.3 Å². The Labute approximate surface area is 122 Å². The van der Waals surface area contributed by atoms with E-state index in [4.69, 9.17) is 4.74 Å². The third-order valence-electron chi connectivity index (χ3n) is 4.96. The van der Waals surface area contributed by atoms with E-state index in [9.17, 15) is 4.79 Å². The minimum atomic E-state index is 0.121. The van der Waals surface area contributed by atoms with E-state index in [2.05, 4.69) is 26.0 Å². The van der Waals surface area contributed by atoms with Crippen LogP contribution in [0.1, 0.15) is 45.1 Å². The fraction of sp³-hybridized carbons (Fsp3) is 0.611. The molecule has 0 aromatic heterocycles. The third kappa shape index (κ3) is 3.69. The van der Waals surface area contributed by atoms with E-state index < -0.39 is 0 Å². The zero-order chi connectivity index (χ0) is 14.4. The maximum Gasteiger partial charge on any atom is 0.123 e. The lowest BCUT2D eigenvalue weighted by Crippen LogP contribution is -2.37. The van der Waals surface area contributed by atoms with Crippen molar-refractivity contribution in [3.8, 4) is 0 Å². The second-order valence-electron chi connectivity index (χ2n) is 6.52. The van der Waals surface area contributed by atoms with Crippen molar-refractivity contribution in [2.45, 2.75) is 46.1 Å². The van der Waals surface area contributed by atoms with Gasteiger partial charge < -0.3 is 9.53 Å². The quantitative estimate of drug-likeness (QED) is 0.573. The van der Waals surface area contributed by atoms with Gasteiger partial charge in [0.2, 0.25) is 0 Å². The highest BCUT2D eigenvalue weighted by molar-refractivity contribution is 5.55. The first-order chi connectivity index (χ1) is 9.64. The molecule has 0 amide bonds. The minimum Gasteiger partial charge on any atom is -0.377 e. The van der Waals surface area contributed by atoms with Crippen LogP contribution >= 0.6 is 0 Å². The lowest BCUT2D eigenvalue weighted by atomic mass is 9.62. The van der Waals surface area contributed by atoms with Crippen molar-refractivity contribution in [1.29, 1.82) is 0 Å². The van der Waals surface area contributed by atoms with Crippen LogP contribution in [0.15, 0.2) is 30.3 Å². The summed E-state index contributed by atoms with van der Waals surface area (Å²) >= 11 is 0. The smallest absolute Gasteiger partial charge is 0.123 e. The molecule has 0 radical (unpaired) electrons. The number of hydrogen-bond acceptors (Lipinski definition) is 2. The maximum absolute atomic E-state index is 11.2. The molecule has 20 heavy (non-hydrogen) atoms. The van der Waals surface area contributed by atoms with Crippen molar-refractivity contribution < 1.29 is 9.53 Å². The van der Waals surface area contributed by atoms with E-state index in [1.165, 1.54) is 18.4 Å². The first-order valence-corrected chi connectivity index (χ1v) is 7.71. The van der Waals surface area contributed by atoms with Crippen LogP contribution in [-0.4, -0.2) is 12.9 Å². The SMILES string of the molecule is CC1(C)[C@H](CCOCc2ccccc2)CCC[C@@H]1C=O. The molecule has 1 fully saturated rings. The van der Waals surface area contributed by atoms with E-state index in [0.717, 1.165) is 25.7 Å².